The van der Waals surface area contributed by atoms with E-state index >= 15 is 0 Å². The van der Waals surface area contributed by atoms with E-state index in [-0.39, 0.29) is 5.48 Å². The smallest absolute Gasteiger partial charge is 0.279 e. The van der Waals surface area contributed by atoms with E-state index in [1.54, 1.807) is 0 Å². The van der Waals surface area contributed by atoms with E-state index in [0.717, 1.165) is 0 Å². The second-order valence-corrected chi connectivity index (χ2v) is 2.24. The first-order valence-corrected chi connectivity index (χ1v) is 3.24. The maximum Gasteiger partial charge on any atom is 0.279 e. The van der Waals surface area contributed by atoms with Crippen LogP contribution in [0.1, 0.15) is 6.42 Å². The van der Waals surface area contributed by atoms with Crippen molar-refractivity contribution in [2.45, 2.75) is 18.6 Å². The second kappa shape index (κ2) is 6.26. The Morgan fingerprint density at radius 1 is 1.33 bits per heavy atom. The number of hydrogen-bond acceptors (Lipinski definition) is 6. The van der Waals surface area contributed by atoms with E-state index in [1.165, 1.54) is 0 Å². The molecule has 0 saturated heterocycles. The highest BCUT2D eigenvalue weighted by Gasteiger charge is 2.22. The molecule has 0 aromatic heterocycles. The van der Waals surface area contributed by atoms with Crippen LogP contribution in [-0.2, 0) is 0 Å². The quantitative estimate of drug-likeness (QED) is 0.240. The van der Waals surface area contributed by atoms with Crippen LogP contribution in [0.2, 0.25) is 0 Å². The van der Waals surface area contributed by atoms with Crippen LogP contribution in [0.25, 0.3) is 0 Å². The SMILES string of the molecule is NCCNC(O)CC(O)(O)O.O. The Morgan fingerprint density at radius 2 is 1.83 bits per heavy atom. The van der Waals surface area contributed by atoms with Crippen LogP contribution in [0.5, 0.6) is 0 Å². The summed E-state index contributed by atoms with van der Waals surface area (Å²) in [4.78, 5) is 0. The van der Waals surface area contributed by atoms with Crippen LogP contribution >= 0.6 is 0 Å². The molecule has 9 N–H and O–H groups in total. The second-order valence-electron chi connectivity index (χ2n) is 2.24. The zero-order valence-electron chi connectivity index (χ0n) is 6.56. The van der Waals surface area contributed by atoms with Crippen LogP contribution in [0.4, 0.5) is 0 Å². The molecule has 0 bridgehead atoms. The van der Waals surface area contributed by atoms with Crippen molar-refractivity contribution in [1.82, 2.24) is 5.32 Å². The van der Waals surface area contributed by atoms with Crippen molar-refractivity contribution in [2.75, 3.05) is 13.1 Å². The third kappa shape index (κ3) is 9.72. The van der Waals surface area contributed by atoms with Gasteiger partial charge in [-0.3, -0.25) is 5.32 Å². The zero-order valence-corrected chi connectivity index (χ0v) is 6.56. The summed E-state index contributed by atoms with van der Waals surface area (Å²) in [7, 11) is 0. The van der Waals surface area contributed by atoms with E-state index in [9.17, 15) is 0 Å². The fourth-order valence-electron chi connectivity index (χ4n) is 0.582. The summed E-state index contributed by atoms with van der Waals surface area (Å²) in [5, 5.41) is 36.4. The molecule has 76 valence electrons. The Kier molecular flexibility index (Phi) is 7.44. The Bertz CT molecular complexity index is 105. The van der Waals surface area contributed by atoms with Gasteiger partial charge in [0.15, 0.2) is 0 Å². The van der Waals surface area contributed by atoms with E-state index < -0.39 is 18.6 Å². The van der Waals surface area contributed by atoms with Gasteiger partial charge < -0.3 is 31.6 Å². The predicted octanol–water partition coefficient (Wildman–Crippen LogP) is -3.95. The van der Waals surface area contributed by atoms with Gasteiger partial charge in [-0.1, -0.05) is 0 Å². The first kappa shape index (κ1) is 14.3. The minimum Gasteiger partial charge on any atom is -0.412 e. The Labute approximate surface area is 69.7 Å². The van der Waals surface area contributed by atoms with Crippen molar-refractivity contribution in [3.05, 3.63) is 0 Å². The topological polar surface area (TPSA) is 150 Å². The van der Waals surface area contributed by atoms with E-state index in [2.05, 4.69) is 5.32 Å². The lowest BCUT2D eigenvalue weighted by Gasteiger charge is -2.18. The molecule has 0 spiro atoms. The number of hydrogen-bond donors (Lipinski definition) is 6. The average Bonchev–Trinajstić information content (AvgIpc) is 1.79. The average molecular weight is 184 g/mol. The molecule has 0 aromatic carbocycles. The molecular formula is C5H16N2O5. The molecule has 0 aliphatic carbocycles. The lowest BCUT2D eigenvalue weighted by Crippen LogP contribution is -2.41. The van der Waals surface area contributed by atoms with Crippen LogP contribution in [-0.4, -0.2) is 51.2 Å². The summed E-state index contributed by atoms with van der Waals surface area (Å²) in [5.74, 6) is -2.83. The fourth-order valence-corrected chi connectivity index (χ4v) is 0.582. The summed E-state index contributed by atoms with van der Waals surface area (Å²) in [6.45, 7) is 0.670. The minimum atomic E-state index is -2.83. The molecule has 0 saturated carbocycles. The molecule has 7 heteroatoms. The van der Waals surface area contributed by atoms with Crippen molar-refractivity contribution < 1.29 is 25.9 Å². The monoisotopic (exact) mass is 184 g/mol. The lowest BCUT2D eigenvalue weighted by molar-refractivity contribution is -0.323. The van der Waals surface area contributed by atoms with Crippen molar-refractivity contribution in [3.8, 4) is 0 Å². The summed E-state index contributed by atoms with van der Waals surface area (Å²) in [5.41, 5.74) is 5.08. The summed E-state index contributed by atoms with van der Waals surface area (Å²) < 4.78 is 0. The highest BCUT2D eigenvalue weighted by atomic mass is 16.7. The maximum absolute atomic E-state index is 8.87. The normalized spacial score (nSPS) is 13.8. The zero-order chi connectivity index (χ0) is 8.91. The van der Waals surface area contributed by atoms with Gasteiger partial charge in [0, 0.05) is 13.1 Å². The molecular weight excluding hydrogens is 168 g/mol. The third-order valence-corrected chi connectivity index (χ3v) is 0.992. The van der Waals surface area contributed by atoms with Gasteiger partial charge in [-0.15, -0.1) is 0 Å². The summed E-state index contributed by atoms with van der Waals surface area (Å²) >= 11 is 0. The number of aliphatic hydroxyl groups is 4. The molecule has 0 fully saturated rings. The molecule has 0 aromatic rings. The predicted molar refractivity (Wildman–Crippen MR) is 40.7 cm³/mol. The number of nitrogens with one attached hydrogen (secondary N) is 1. The molecule has 0 radical (unpaired) electrons. The molecule has 0 aliphatic rings. The van der Waals surface area contributed by atoms with Gasteiger partial charge in [-0.25, -0.2) is 0 Å². The van der Waals surface area contributed by atoms with Gasteiger partial charge >= 0.3 is 0 Å². The van der Waals surface area contributed by atoms with Gasteiger partial charge in [0.2, 0.25) is 0 Å². The van der Waals surface area contributed by atoms with Gasteiger partial charge in [0.25, 0.3) is 5.97 Å². The van der Waals surface area contributed by atoms with Crippen LogP contribution in [0.3, 0.4) is 0 Å². The Balaban J connectivity index is 0. The molecule has 7 nitrogen and oxygen atoms in total. The maximum atomic E-state index is 8.87. The van der Waals surface area contributed by atoms with Gasteiger partial charge in [0.1, 0.15) is 6.23 Å². The summed E-state index contributed by atoms with van der Waals surface area (Å²) in [6, 6.07) is 0. The Morgan fingerprint density at radius 3 is 2.17 bits per heavy atom. The molecule has 0 rings (SSSR count). The Hall–Kier alpha value is -0.280. The standard InChI is InChI=1S/C5H14N2O4.H2O/c6-1-2-7-4(8)3-5(9,10)11;/h4,7-11H,1-3,6H2;1H2. The molecule has 12 heavy (non-hydrogen) atoms. The third-order valence-electron chi connectivity index (χ3n) is 0.992. The molecule has 0 aliphatic heterocycles. The number of nitrogens with two attached hydrogens (primary N) is 1. The lowest BCUT2D eigenvalue weighted by atomic mass is 10.3. The van der Waals surface area contributed by atoms with E-state index in [4.69, 9.17) is 26.2 Å². The minimum absolute atomic E-state index is 0. The van der Waals surface area contributed by atoms with Crippen LogP contribution in [0.15, 0.2) is 0 Å². The molecule has 1 atom stereocenters. The first-order chi connectivity index (χ1) is 4.95. The van der Waals surface area contributed by atoms with E-state index in [0.29, 0.717) is 13.1 Å². The highest BCUT2D eigenvalue weighted by molar-refractivity contribution is 4.58. The number of aliphatic hydroxyl groups excluding tert-OH is 1. The van der Waals surface area contributed by atoms with Crippen molar-refractivity contribution in [3.63, 3.8) is 0 Å². The van der Waals surface area contributed by atoms with Crippen LogP contribution < -0.4 is 11.1 Å². The highest BCUT2D eigenvalue weighted by Crippen LogP contribution is 2.01. The van der Waals surface area contributed by atoms with Gasteiger partial charge in [-0.2, -0.15) is 0 Å². The summed E-state index contributed by atoms with van der Waals surface area (Å²) in [6.07, 6.45) is -1.74. The van der Waals surface area contributed by atoms with Crippen molar-refractivity contribution in [1.29, 1.82) is 0 Å². The molecule has 1 unspecified atom stereocenters. The van der Waals surface area contributed by atoms with E-state index in [1.807, 2.05) is 0 Å². The van der Waals surface area contributed by atoms with Crippen molar-refractivity contribution in [2.24, 2.45) is 5.73 Å². The van der Waals surface area contributed by atoms with Gasteiger partial charge in [0.05, 0.1) is 6.42 Å². The van der Waals surface area contributed by atoms with Crippen molar-refractivity contribution >= 4 is 0 Å². The fraction of sp³-hybridized carbons (Fsp3) is 1.00. The van der Waals surface area contributed by atoms with Crippen LogP contribution in [0, 0.1) is 0 Å². The molecule has 0 amide bonds. The van der Waals surface area contributed by atoms with Gasteiger partial charge in [-0.05, 0) is 0 Å². The number of rotatable bonds is 5. The largest absolute Gasteiger partial charge is 0.412 e. The first-order valence-electron chi connectivity index (χ1n) is 3.24. The molecule has 0 heterocycles.